The van der Waals surface area contributed by atoms with E-state index in [9.17, 15) is 92.6 Å². The van der Waals surface area contributed by atoms with Crippen molar-refractivity contribution in [1.82, 2.24) is 29.7 Å². The first-order chi connectivity index (χ1) is 48.8. The standard InChI is InChI=1S/2C24H25F3N2O6.C13H10F3NO2.C11H17NO5/c2*1-12-19-17(13-7-6-8-14(18(13)28-12)24(25,26)27)16(30)10-23(34-19)9-15(20(31)33-5)29(11-23)21(32)35-22(2,3)4;1-6-12(19)10(7(2)18)8-4-3-5-9(11(8)17-6)13(14,15)16;1-11(2,3)17-10(15)12-6-7(13)5-8(12)9(14)16-4/h2*6-8,15H,9-11H2,1-5H3;3-5,19H,1-2H3;8H,5-6H2,1-4H3/t15-,23+;15-,23-;;8-/m00.0/s1. The predicted molar refractivity (Wildman–Crippen MR) is 356 cm³/mol. The molecule has 25 nitrogen and oxygen atoms in total. The third-order valence-electron chi connectivity index (χ3n) is 17.1. The number of rotatable bonds is 4. The number of ketones is 4. The van der Waals surface area contributed by atoms with E-state index in [1.807, 2.05) is 0 Å². The summed E-state index contributed by atoms with van der Waals surface area (Å²) in [7, 11) is 3.58. The average Bonchev–Trinajstić information content (AvgIpc) is 1.41. The molecule has 3 fully saturated rings. The summed E-state index contributed by atoms with van der Waals surface area (Å²) >= 11 is 0. The highest BCUT2D eigenvalue weighted by atomic mass is 19.4. The fraction of sp³-hybridized carbons (Fsp3) is 0.486. The van der Waals surface area contributed by atoms with Crippen molar-refractivity contribution in [1.29, 1.82) is 0 Å². The number of aromatic hydroxyl groups is 1. The second-order valence-electron chi connectivity index (χ2n) is 28.7. The van der Waals surface area contributed by atoms with Crippen LogP contribution >= 0.6 is 0 Å². The number of hydrogen-bond acceptors (Lipinski definition) is 22. The zero-order chi connectivity index (χ0) is 79.4. The number of alkyl halides is 9. The molecule has 5 aliphatic heterocycles. The molecule has 106 heavy (non-hydrogen) atoms. The Kier molecular flexibility index (Phi) is 22.6. The van der Waals surface area contributed by atoms with Crippen LogP contribution in [-0.4, -0.2) is 181 Å². The summed E-state index contributed by atoms with van der Waals surface area (Å²) in [5.41, 5.74) is -8.64. The molecule has 0 saturated carbocycles. The summed E-state index contributed by atoms with van der Waals surface area (Å²) in [4.78, 5) is 139. The van der Waals surface area contributed by atoms with Crippen LogP contribution in [0.5, 0.6) is 17.2 Å². The number of aromatic nitrogens is 3. The monoisotopic (exact) mass is 1500 g/mol. The van der Waals surface area contributed by atoms with E-state index >= 15 is 0 Å². The van der Waals surface area contributed by atoms with Crippen LogP contribution in [0.25, 0.3) is 32.7 Å². The van der Waals surface area contributed by atoms with Crippen molar-refractivity contribution in [2.24, 2.45) is 0 Å². The number of aryl methyl sites for hydroxylation is 3. The van der Waals surface area contributed by atoms with Gasteiger partial charge < -0.3 is 43.0 Å². The summed E-state index contributed by atoms with van der Waals surface area (Å²) in [5.74, 6) is -3.88. The number of Topliss-reactive ketones (excluding diaryl/α,β-unsaturated/α-hetero) is 4. The molecular weight excluding hydrogens is 1420 g/mol. The van der Waals surface area contributed by atoms with Gasteiger partial charge in [-0.2, -0.15) is 39.5 Å². The zero-order valence-corrected chi connectivity index (χ0v) is 60.5. The Balaban J connectivity index is 0.000000187. The molecule has 3 saturated heterocycles. The smallest absolute Gasteiger partial charge is 0.418 e. The fourth-order valence-electron chi connectivity index (χ4n) is 12.8. The van der Waals surface area contributed by atoms with E-state index in [1.54, 1.807) is 62.3 Å². The number of para-hydroxylation sites is 3. The first-order valence-corrected chi connectivity index (χ1v) is 32.7. The van der Waals surface area contributed by atoms with Crippen LogP contribution in [-0.2, 0) is 66.1 Å². The van der Waals surface area contributed by atoms with E-state index < -0.39 is 135 Å². The molecule has 6 aromatic rings. The van der Waals surface area contributed by atoms with Crippen molar-refractivity contribution in [3.63, 3.8) is 0 Å². The number of amides is 3. The molecule has 34 heteroatoms. The molecule has 1 N–H and O–H groups in total. The molecule has 0 aliphatic carbocycles. The minimum absolute atomic E-state index is 0.00502. The highest BCUT2D eigenvalue weighted by Crippen LogP contribution is 2.49. The molecular formula is C72H77F9N6O19. The van der Waals surface area contributed by atoms with Crippen LogP contribution in [0.4, 0.5) is 53.9 Å². The van der Waals surface area contributed by atoms with Crippen molar-refractivity contribution in [3.05, 3.63) is 105 Å². The number of methoxy groups -OCH3 is 3. The minimum atomic E-state index is -4.65. The molecule has 0 unspecified atom stereocenters. The Morgan fingerprint density at radius 1 is 0.491 bits per heavy atom. The SMILES string of the molecule is CC(=O)c1c(O)c(C)nc2c(C(F)(F)F)cccc12.COC(=O)[C@@H]1CC(=O)CN1C(=O)OC(C)(C)C.COC(=O)[C@@H]1C[C@@]2(CC(=O)c3c(c(C)nc4c(C(F)(F)F)cccc34)O2)CN1C(=O)OC(C)(C)C.COC(=O)[C@@H]1C[C@]2(CC(=O)c3c(c(C)nc4c(C(F)(F)F)cccc34)O2)CN1C(=O)OC(C)(C)C. The number of fused-ring (bicyclic) bond motifs is 7. The lowest BCUT2D eigenvalue weighted by Gasteiger charge is -2.35. The average molecular weight is 1500 g/mol. The Hall–Kier alpha value is -10.4. The Labute approximate surface area is 600 Å². The number of pyridine rings is 3. The van der Waals surface area contributed by atoms with Gasteiger partial charge >= 0.3 is 54.7 Å². The van der Waals surface area contributed by atoms with E-state index in [0.717, 1.165) is 23.1 Å². The van der Waals surface area contributed by atoms with Gasteiger partial charge in [0.2, 0.25) is 0 Å². The third-order valence-corrected chi connectivity index (χ3v) is 17.1. The van der Waals surface area contributed by atoms with Crippen molar-refractivity contribution >= 4 is 92.0 Å². The van der Waals surface area contributed by atoms with Crippen LogP contribution in [0.2, 0.25) is 0 Å². The zero-order valence-electron chi connectivity index (χ0n) is 60.5. The van der Waals surface area contributed by atoms with Crippen LogP contribution in [0.3, 0.4) is 0 Å². The van der Waals surface area contributed by atoms with Crippen molar-refractivity contribution in [2.45, 2.75) is 187 Å². The highest BCUT2D eigenvalue weighted by Gasteiger charge is 2.58. The van der Waals surface area contributed by atoms with Crippen LogP contribution in [0.15, 0.2) is 54.6 Å². The van der Waals surface area contributed by atoms with Gasteiger partial charge in [0.15, 0.2) is 34.6 Å². The van der Waals surface area contributed by atoms with Gasteiger partial charge in [0, 0.05) is 35.4 Å². The van der Waals surface area contributed by atoms with E-state index in [-0.39, 0.29) is 141 Å². The Morgan fingerprint density at radius 2 is 0.811 bits per heavy atom. The van der Waals surface area contributed by atoms with Gasteiger partial charge in [-0.15, -0.1) is 0 Å². The van der Waals surface area contributed by atoms with Crippen molar-refractivity contribution < 1.29 is 130 Å². The van der Waals surface area contributed by atoms with Crippen LogP contribution in [0, 0.1) is 20.8 Å². The molecule has 5 atom stereocenters. The summed E-state index contributed by atoms with van der Waals surface area (Å²) in [6, 6.07) is 7.49. The van der Waals surface area contributed by atoms with Crippen LogP contribution < -0.4 is 9.47 Å². The number of nitrogens with zero attached hydrogens (tertiary/aromatic N) is 6. The lowest BCUT2D eigenvalue weighted by atomic mass is 9.86. The third kappa shape index (κ3) is 17.4. The van der Waals surface area contributed by atoms with E-state index in [1.165, 1.54) is 95.2 Å². The van der Waals surface area contributed by atoms with Gasteiger partial charge in [-0.1, -0.05) is 36.4 Å². The van der Waals surface area contributed by atoms with Gasteiger partial charge in [0.1, 0.15) is 51.9 Å². The largest absolute Gasteiger partial charge is 0.505 e. The lowest BCUT2D eigenvalue weighted by Crippen LogP contribution is -2.47. The number of halogens is 9. The predicted octanol–water partition coefficient (Wildman–Crippen LogP) is 13.1. The maximum atomic E-state index is 13.6. The number of carbonyl (C=O) groups excluding carboxylic acids is 10. The number of ether oxygens (including phenoxy) is 8. The molecule has 0 radical (unpaired) electrons. The normalized spacial score (nSPS) is 20.1. The maximum Gasteiger partial charge on any atom is 0.418 e. The van der Waals surface area contributed by atoms with E-state index in [2.05, 4.69) is 19.7 Å². The number of carbonyl (C=O) groups is 10. The van der Waals surface area contributed by atoms with Gasteiger partial charge in [-0.05, 0) is 108 Å². The first kappa shape index (κ1) is 81.2. The maximum absolute atomic E-state index is 13.6. The van der Waals surface area contributed by atoms with Gasteiger partial charge in [-0.3, -0.25) is 33.9 Å². The first-order valence-electron chi connectivity index (χ1n) is 32.7. The van der Waals surface area contributed by atoms with Crippen molar-refractivity contribution in [3.8, 4) is 17.2 Å². The molecule has 11 rings (SSSR count). The summed E-state index contributed by atoms with van der Waals surface area (Å²) in [6.45, 7) is 20.3. The van der Waals surface area contributed by atoms with E-state index in [0.29, 0.717) is 0 Å². The van der Waals surface area contributed by atoms with Gasteiger partial charge in [0.05, 0.1) is 121 Å². The van der Waals surface area contributed by atoms with Crippen LogP contribution in [0.1, 0.15) is 166 Å². The molecule has 2 spiro atoms. The fourth-order valence-corrected chi connectivity index (χ4v) is 12.8. The highest BCUT2D eigenvalue weighted by molar-refractivity contribution is 6.13. The number of likely N-dealkylation sites (tertiary alicyclic amines) is 3. The molecule has 5 aliphatic rings. The summed E-state index contributed by atoms with van der Waals surface area (Å²) in [6.07, 6.45) is -16.7. The molecule has 0 bridgehead atoms. The topological polar surface area (TPSA) is 313 Å². The Bertz CT molecular complexity index is 4390. The minimum Gasteiger partial charge on any atom is -0.505 e. The summed E-state index contributed by atoms with van der Waals surface area (Å²) < 4.78 is 163. The van der Waals surface area contributed by atoms with E-state index in [4.69, 9.17) is 33.2 Å². The second-order valence-corrected chi connectivity index (χ2v) is 28.7. The number of esters is 3. The molecule has 3 aromatic carbocycles. The van der Waals surface area contributed by atoms with Gasteiger partial charge in [0.25, 0.3) is 0 Å². The number of hydrogen-bond donors (Lipinski definition) is 1. The van der Waals surface area contributed by atoms with Gasteiger partial charge in [-0.25, -0.2) is 43.7 Å². The summed E-state index contributed by atoms with van der Waals surface area (Å²) in [5, 5.41) is 9.87. The Morgan fingerprint density at radius 3 is 1.14 bits per heavy atom. The molecule has 3 amide bonds. The molecule has 3 aromatic heterocycles. The molecule has 8 heterocycles. The van der Waals surface area contributed by atoms with Crippen molar-refractivity contribution in [2.75, 3.05) is 41.0 Å². The quantitative estimate of drug-likeness (QED) is 0.0741. The number of benzene rings is 3. The lowest BCUT2D eigenvalue weighted by molar-refractivity contribution is -0.146. The molecule has 572 valence electrons. The second kappa shape index (κ2) is 29.5.